The number of carbonyl (C=O) groups excluding carboxylic acids is 1. The summed E-state index contributed by atoms with van der Waals surface area (Å²) < 4.78 is 28.3. The zero-order valence-corrected chi connectivity index (χ0v) is 19.1. The summed E-state index contributed by atoms with van der Waals surface area (Å²) in [6, 6.07) is 10.9. The largest absolute Gasteiger partial charge is 0.493 e. The Morgan fingerprint density at radius 3 is 2.56 bits per heavy atom. The first kappa shape index (κ1) is 23.7. The van der Waals surface area contributed by atoms with Gasteiger partial charge >= 0.3 is 0 Å². The van der Waals surface area contributed by atoms with Crippen molar-refractivity contribution in [3.63, 3.8) is 0 Å². The van der Waals surface area contributed by atoms with Gasteiger partial charge in [-0.3, -0.25) is 4.79 Å². The van der Waals surface area contributed by atoms with E-state index in [0.717, 1.165) is 31.4 Å². The van der Waals surface area contributed by atoms with Gasteiger partial charge in [-0.25, -0.2) is 0 Å². The molecule has 1 amide bonds. The number of hydrogen-bond donors (Lipinski definition) is 1. The molecule has 1 heterocycles. The van der Waals surface area contributed by atoms with E-state index in [1.807, 2.05) is 32.0 Å². The van der Waals surface area contributed by atoms with Crippen LogP contribution in [-0.4, -0.2) is 45.5 Å². The van der Waals surface area contributed by atoms with Crippen LogP contribution in [0, 0.1) is 0 Å². The van der Waals surface area contributed by atoms with Crippen molar-refractivity contribution in [2.75, 3.05) is 33.5 Å². The minimum Gasteiger partial charge on any atom is -0.493 e. The van der Waals surface area contributed by atoms with Crippen molar-refractivity contribution in [3.8, 4) is 23.0 Å². The van der Waals surface area contributed by atoms with Gasteiger partial charge in [-0.1, -0.05) is 13.0 Å². The van der Waals surface area contributed by atoms with Crippen LogP contribution in [0.15, 0.2) is 36.4 Å². The van der Waals surface area contributed by atoms with Crippen molar-refractivity contribution in [3.05, 3.63) is 47.5 Å². The van der Waals surface area contributed by atoms with E-state index in [0.29, 0.717) is 54.9 Å². The Balaban J connectivity index is 1.60. The molecule has 3 rings (SSSR count). The second kappa shape index (κ2) is 12.2. The van der Waals surface area contributed by atoms with E-state index < -0.39 is 0 Å². The highest BCUT2D eigenvalue weighted by molar-refractivity contribution is 5.94. The van der Waals surface area contributed by atoms with Crippen molar-refractivity contribution < 1.29 is 28.5 Å². The predicted octanol–water partition coefficient (Wildman–Crippen LogP) is 4.37. The van der Waals surface area contributed by atoms with Gasteiger partial charge < -0.3 is 29.0 Å². The minimum absolute atomic E-state index is 0.138. The van der Waals surface area contributed by atoms with E-state index >= 15 is 0 Å². The summed E-state index contributed by atoms with van der Waals surface area (Å²) in [5.74, 6) is 2.33. The topological polar surface area (TPSA) is 75.3 Å². The second-order valence-corrected chi connectivity index (χ2v) is 7.56. The first-order valence-electron chi connectivity index (χ1n) is 11.2. The van der Waals surface area contributed by atoms with Crippen LogP contribution < -0.4 is 24.3 Å². The molecule has 1 unspecified atom stereocenters. The average Bonchev–Trinajstić information content (AvgIpc) is 3.34. The summed E-state index contributed by atoms with van der Waals surface area (Å²) in [5.41, 5.74) is 1.42. The molecule has 0 aliphatic carbocycles. The molecule has 1 aliphatic heterocycles. The fourth-order valence-electron chi connectivity index (χ4n) is 3.43. The zero-order chi connectivity index (χ0) is 22.8. The third kappa shape index (κ3) is 6.53. The van der Waals surface area contributed by atoms with Crippen LogP contribution in [0.5, 0.6) is 23.0 Å². The van der Waals surface area contributed by atoms with Gasteiger partial charge in [0.15, 0.2) is 23.0 Å². The molecule has 32 heavy (non-hydrogen) atoms. The van der Waals surface area contributed by atoms with E-state index in [2.05, 4.69) is 5.32 Å². The molecule has 1 saturated heterocycles. The standard InChI is InChI=1S/C25H33NO6/c1-4-12-31-22-11-9-19(15-24(22)29-5-2)25(27)26-16-18-8-10-21(23(14-18)28-3)32-17-20-7-6-13-30-20/h8-11,14-15,20H,4-7,12-13,16-17H2,1-3H3,(H,26,27). The van der Waals surface area contributed by atoms with Crippen molar-refractivity contribution in [2.45, 2.75) is 45.8 Å². The molecule has 174 valence electrons. The summed E-state index contributed by atoms with van der Waals surface area (Å²) in [6.45, 7) is 6.70. The Morgan fingerprint density at radius 2 is 1.84 bits per heavy atom. The summed E-state index contributed by atoms with van der Waals surface area (Å²) in [4.78, 5) is 12.7. The lowest BCUT2D eigenvalue weighted by molar-refractivity contribution is 0.0669. The molecule has 0 spiro atoms. The van der Waals surface area contributed by atoms with Gasteiger partial charge in [0.25, 0.3) is 5.91 Å². The fourth-order valence-corrected chi connectivity index (χ4v) is 3.43. The Hall–Kier alpha value is -2.93. The number of amides is 1. The monoisotopic (exact) mass is 443 g/mol. The van der Waals surface area contributed by atoms with Crippen LogP contribution in [0.1, 0.15) is 49.0 Å². The molecule has 2 aromatic rings. The molecule has 1 fully saturated rings. The molecule has 7 heteroatoms. The highest BCUT2D eigenvalue weighted by Crippen LogP contribution is 2.30. The second-order valence-electron chi connectivity index (χ2n) is 7.56. The minimum atomic E-state index is -0.189. The van der Waals surface area contributed by atoms with Crippen molar-refractivity contribution in [2.24, 2.45) is 0 Å². The molecule has 0 bridgehead atoms. The maximum Gasteiger partial charge on any atom is 0.251 e. The quantitative estimate of drug-likeness (QED) is 0.525. The normalized spacial score (nSPS) is 15.3. The Labute approximate surface area is 190 Å². The van der Waals surface area contributed by atoms with Crippen molar-refractivity contribution >= 4 is 5.91 Å². The first-order valence-corrected chi connectivity index (χ1v) is 11.2. The van der Waals surface area contributed by atoms with E-state index in [-0.39, 0.29) is 12.0 Å². The van der Waals surface area contributed by atoms with Gasteiger partial charge in [-0.15, -0.1) is 0 Å². The summed E-state index contributed by atoms with van der Waals surface area (Å²) in [5, 5.41) is 2.94. The van der Waals surface area contributed by atoms with Gasteiger partial charge in [0.2, 0.25) is 0 Å². The maximum atomic E-state index is 12.7. The molecule has 7 nitrogen and oxygen atoms in total. The number of ether oxygens (including phenoxy) is 5. The number of hydrogen-bond acceptors (Lipinski definition) is 6. The van der Waals surface area contributed by atoms with Crippen LogP contribution in [0.3, 0.4) is 0 Å². The van der Waals surface area contributed by atoms with Crippen molar-refractivity contribution in [1.82, 2.24) is 5.32 Å². The Kier molecular flexibility index (Phi) is 9.04. The molecular formula is C25H33NO6. The number of carbonyl (C=O) groups is 1. The van der Waals surface area contributed by atoms with E-state index in [1.165, 1.54) is 0 Å². The molecule has 0 aromatic heterocycles. The fraction of sp³-hybridized carbons (Fsp3) is 0.480. The van der Waals surface area contributed by atoms with Gasteiger partial charge in [0.05, 0.1) is 26.4 Å². The lowest BCUT2D eigenvalue weighted by Gasteiger charge is -2.15. The van der Waals surface area contributed by atoms with Gasteiger partial charge in [-0.2, -0.15) is 0 Å². The van der Waals surface area contributed by atoms with Crippen LogP contribution in [-0.2, 0) is 11.3 Å². The van der Waals surface area contributed by atoms with Crippen LogP contribution in [0.25, 0.3) is 0 Å². The van der Waals surface area contributed by atoms with Crippen LogP contribution in [0.4, 0.5) is 0 Å². The lowest BCUT2D eigenvalue weighted by Crippen LogP contribution is -2.23. The highest BCUT2D eigenvalue weighted by Gasteiger charge is 2.17. The molecule has 0 radical (unpaired) electrons. The van der Waals surface area contributed by atoms with E-state index in [1.54, 1.807) is 25.3 Å². The molecule has 1 N–H and O–H groups in total. The summed E-state index contributed by atoms with van der Waals surface area (Å²) in [6.07, 6.45) is 3.13. The first-order chi connectivity index (χ1) is 15.6. The average molecular weight is 444 g/mol. The summed E-state index contributed by atoms with van der Waals surface area (Å²) in [7, 11) is 1.61. The number of methoxy groups -OCH3 is 1. The van der Waals surface area contributed by atoms with Crippen LogP contribution in [0.2, 0.25) is 0 Å². The third-order valence-corrected chi connectivity index (χ3v) is 5.10. The van der Waals surface area contributed by atoms with Crippen molar-refractivity contribution in [1.29, 1.82) is 0 Å². The molecule has 0 saturated carbocycles. The van der Waals surface area contributed by atoms with E-state index in [4.69, 9.17) is 23.7 Å². The van der Waals surface area contributed by atoms with Crippen LogP contribution >= 0.6 is 0 Å². The third-order valence-electron chi connectivity index (χ3n) is 5.10. The molecule has 1 atom stereocenters. The highest BCUT2D eigenvalue weighted by atomic mass is 16.5. The molecular weight excluding hydrogens is 410 g/mol. The van der Waals surface area contributed by atoms with Gasteiger partial charge in [0.1, 0.15) is 6.61 Å². The zero-order valence-electron chi connectivity index (χ0n) is 19.1. The lowest BCUT2D eigenvalue weighted by atomic mass is 10.1. The maximum absolute atomic E-state index is 12.7. The summed E-state index contributed by atoms with van der Waals surface area (Å²) >= 11 is 0. The Morgan fingerprint density at radius 1 is 1.03 bits per heavy atom. The SMILES string of the molecule is CCCOc1ccc(C(=O)NCc2ccc(OCC3CCCO3)c(OC)c2)cc1OCC. The van der Waals surface area contributed by atoms with E-state index in [9.17, 15) is 4.79 Å². The number of nitrogens with one attached hydrogen (secondary N) is 1. The van der Waals surface area contributed by atoms with Gasteiger partial charge in [-0.05, 0) is 62.1 Å². The number of rotatable bonds is 12. The van der Waals surface area contributed by atoms with Gasteiger partial charge in [0, 0.05) is 18.7 Å². The predicted molar refractivity (Wildman–Crippen MR) is 122 cm³/mol. The number of benzene rings is 2. The molecule has 1 aliphatic rings. The Bertz CT molecular complexity index is 879. The molecule has 2 aromatic carbocycles. The smallest absolute Gasteiger partial charge is 0.251 e.